The summed E-state index contributed by atoms with van der Waals surface area (Å²) in [6, 6.07) is 14.2. The van der Waals surface area contributed by atoms with Gasteiger partial charge in [0.05, 0.1) is 22.6 Å². The van der Waals surface area contributed by atoms with E-state index >= 15 is 0 Å². The van der Waals surface area contributed by atoms with Crippen molar-refractivity contribution in [3.8, 4) is 22.6 Å². The van der Waals surface area contributed by atoms with E-state index in [1.807, 2.05) is 37.4 Å². The topological polar surface area (TPSA) is 86.0 Å². The molecule has 1 aliphatic heterocycles. The first-order chi connectivity index (χ1) is 14.1. The second-order valence-corrected chi connectivity index (χ2v) is 7.59. The first-order valence-electron chi connectivity index (χ1n) is 9.94. The maximum Gasteiger partial charge on any atom is 0.164 e. The fraction of sp³-hybridized carbons (Fsp3) is 0.217. The van der Waals surface area contributed by atoms with Crippen molar-refractivity contribution in [2.75, 3.05) is 29.5 Å². The Labute approximate surface area is 169 Å². The minimum atomic E-state index is 0.562. The van der Waals surface area contributed by atoms with Gasteiger partial charge >= 0.3 is 0 Å². The lowest BCUT2D eigenvalue weighted by molar-refractivity contribution is 0.949. The quantitative estimate of drug-likeness (QED) is 0.520. The standard InChI is InChI=1S/C23H24N6/c1-28-14-16(15-6-2-3-7-19(15)28)18-10-11-26-23(27-18)21-17(24)8-9-20(22(21)25)29-12-4-5-13-29/h2-3,6-11,14H,4-5,12-13,24-25H2,1H3. The summed E-state index contributed by atoms with van der Waals surface area (Å²) in [6.45, 7) is 2.04. The molecule has 6 nitrogen and oxygen atoms in total. The number of aromatic nitrogens is 3. The average Bonchev–Trinajstić information content (AvgIpc) is 3.37. The van der Waals surface area contributed by atoms with Crippen LogP contribution in [-0.4, -0.2) is 27.6 Å². The van der Waals surface area contributed by atoms with Crippen LogP contribution in [0.5, 0.6) is 0 Å². The Hall–Kier alpha value is -3.54. The average molecular weight is 384 g/mol. The van der Waals surface area contributed by atoms with Gasteiger partial charge < -0.3 is 20.9 Å². The van der Waals surface area contributed by atoms with Crippen molar-refractivity contribution in [3.05, 3.63) is 54.9 Å². The van der Waals surface area contributed by atoms with Crippen LogP contribution in [0.1, 0.15) is 12.8 Å². The largest absolute Gasteiger partial charge is 0.398 e. The molecule has 0 saturated carbocycles. The molecular weight excluding hydrogens is 360 g/mol. The Kier molecular flexibility index (Phi) is 4.12. The first-order valence-corrected chi connectivity index (χ1v) is 9.94. The Bertz CT molecular complexity index is 1200. The monoisotopic (exact) mass is 384 g/mol. The third-order valence-electron chi connectivity index (χ3n) is 5.75. The zero-order valence-corrected chi connectivity index (χ0v) is 16.5. The maximum absolute atomic E-state index is 6.57. The molecule has 6 heteroatoms. The SMILES string of the molecule is Cn1cc(-c2ccnc(-c3c(N)ccc(N4CCCC4)c3N)n2)c2ccccc21. The number of benzene rings is 2. The molecule has 0 atom stereocenters. The number of para-hydroxylation sites is 1. The number of nitrogen functional groups attached to an aromatic ring is 2. The third-order valence-corrected chi connectivity index (χ3v) is 5.75. The van der Waals surface area contributed by atoms with Crippen LogP contribution in [0.25, 0.3) is 33.5 Å². The molecule has 2 aromatic carbocycles. The van der Waals surface area contributed by atoms with Gasteiger partial charge in [0, 0.05) is 54.7 Å². The van der Waals surface area contributed by atoms with Crippen LogP contribution in [0.2, 0.25) is 0 Å². The normalized spacial score (nSPS) is 14.0. The molecule has 0 amide bonds. The smallest absolute Gasteiger partial charge is 0.164 e. The number of anilines is 3. The highest BCUT2D eigenvalue weighted by Gasteiger charge is 2.20. The van der Waals surface area contributed by atoms with Gasteiger partial charge in [-0.15, -0.1) is 0 Å². The molecule has 4 N–H and O–H groups in total. The third kappa shape index (κ3) is 2.88. The van der Waals surface area contributed by atoms with E-state index in [9.17, 15) is 0 Å². The van der Waals surface area contributed by atoms with E-state index < -0.39 is 0 Å². The zero-order chi connectivity index (χ0) is 20.0. The summed E-state index contributed by atoms with van der Waals surface area (Å²) in [5.41, 5.74) is 19.0. The lowest BCUT2D eigenvalue weighted by atomic mass is 10.1. The minimum Gasteiger partial charge on any atom is -0.398 e. The van der Waals surface area contributed by atoms with Crippen LogP contribution in [-0.2, 0) is 7.05 Å². The van der Waals surface area contributed by atoms with Gasteiger partial charge in [-0.2, -0.15) is 0 Å². The van der Waals surface area contributed by atoms with Gasteiger partial charge in [0.25, 0.3) is 0 Å². The van der Waals surface area contributed by atoms with Crippen molar-refractivity contribution in [3.63, 3.8) is 0 Å². The molecule has 0 spiro atoms. The lowest BCUT2D eigenvalue weighted by Crippen LogP contribution is -2.19. The highest BCUT2D eigenvalue weighted by molar-refractivity contribution is 5.96. The Morgan fingerprint density at radius 2 is 1.76 bits per heavy atom. The van der Waals surface area contributed by atoms with Gasteiger partial charge in [0.15, 0.2) is 5.82 Å². The molecule has 1 saturated heterocycles. The Morgan fingerprint density at radius 3 is 2.59 bits per heavy atom. The van der Waals surface area contributed by atoms with Crippen molar-refractivity contribution in [2.45, 2.75) is 12.8 Å². The second kappa shape index (κ2) is 6.81. The van der Waals surface area contributed by atoms with Crippen LogP contribution in [0.3, 0.4) is 0 Å². The number of hydrogen-bond acceptors (Lipinski definition) is 5. The predicted octanol–water partition coefficient (Wildman–Crippen LogP) is 4.07. The van der Waals surface area contributed by atoms with Crippen LogP contribution in [0.4, 0.5) is 17.1 Å². The van der Waals surface area contributed by atoms with Gasteiger partial charge in [0.1, 0.15) is 0 Å². The van der Waals surface area contributed by atoms with E-state index in [4.69, 9.17) is 16.5 Å². The van der Waals surface area contributed by atoms with Gasteiger partial charge in [-0.3, -0.25) is 0 Å². The minimum absolute atomic E-state index is 0.562. The van der Waals surface area contributed by atoms with Crippen LogP contribution >= 0.6 is 0 Å². The van der Waals surface area contributed by atoms with E-state index in [0.717, 1.165) is 46.5 Å². The van der Waals surface area contributed by atoms with Crippen molar-refractivity contribution >= 4 is 28.0 Å². The summed E-state index contributed by atoms with van der Waals surface area (Å²) in [5, 5.41) is 1.16. The van der Waals surface area contributed by atoms with E-state index in [-0.39, 0.29) is 0 Å². The van der Waals surface area contributed by atoms with E-state index in [1.54, 1.807) is 6.20 Å². The lowest BCUT2D eigenvalue weighted by Gasteiger charge is -2.22. The molecule has 29 heavy (non-hydrogen) atoms. The summed E-state index contributed by atoms with van der Waals surface area (Å²) in [5.74, 6) is 0.562. The second-order valence-electron chi connectivity index (χ2n) is 7.59. The molecule has 1 aliphatic rings. The molecule has 0 bridgehead atoms. The number of aryl methyl sites for hydroxylation is 1. The van der Waals surface area contributed by atoms with Crippen molar-refractivity contribution in [2.24, 2.45) is 7.05 Å². The molecule has 3 heterocycles. The van der Waals surface area contributed by atoms with Gasteiger partial charge in [-0.05, 0) is 37.1 Å². The number of hydrogen-bond donors (Lipinski definition) is 2. The molecule has 4 aromatic rings. The summed E-state index contributed by atoms with van der Waals surface area (Å²) < 4.78 is 2.11. The number of nitrogens with zero attached hydrogens (tertiary/aromatic N) is 4. The number of fused-ring (bicyclic) bond motifs is 1. The molecule has 0 radical (unpaired) electrons. The first kappa shape index (κ1) is 17.6. The predicted molar refractivity (Wildman–Crippen MR) is 120 cm³/mol. The van der Waals surface area contributed by atoms with Crippen LogP contribution in [0, 0.1) is 0 Å². The molecule has 1 fully saturated rings. The zero-order valence-electron chi connectivity index (χ0n) is 16.5. The van der Waals surface area contributed by atoms with Crippen LogP contribution in [0.15, 0.2) is 54.9 Å². The fourth-order valence-corrected chi connectivity index (χ4v) is 4.28. The molecule has 0 unspecified atom stereocenters. The van der Waals surface area contributed by atoms with Gasteiger partial charge in [-0.25, -0.2) is 9.97 Å². The van der Waals surface area contributed by atoms with E-state index in [2.05, 4.69) is 32.8 Å². The maximum atomic E-state index is 6.57. The van der Waals surface area contributed by atoms with Crippen LogP contribution < -0.4 is 16.4 Å². The molecular formula is C23H24N6. The highest BCUT2D eigenvalue weighted by atomic mass is 15.2. The summed E-state index contributed by atoms with van der Waals surface area (Å²) >= 11 is 0. The van der Waals surface area contributed by atoms with Crippen molar-refractivity contribution < 1.29 is 0 Å². The van der Waals surface area contributed by atoms with Crippen molar-refractivity contribution in [1.29, 1.82) is 0 Å². The van der Waals surface area contributed by atoms with Gasteiger partial charge in [-0.1, -0.05) is 18.2 Å². The Balaban J connectivity index is 1.64. The summed E-state index contributed by atoms with van der Waals surface area (Å²) in [4.78, 5) is 11.7. The van der Waals surface area contributed by atoms with E-state index in [1.165, 1.54) is 12.8 Å². The molecule has 146 valence electrons. The van der Waals surface area contributed by atoms with E-state index in [0.29, 0.717) is 17.2 Å². The number of nitrogens with two attached hydrogens (primary N) is 2. The van der Waals surface area contributed by atoms with Crippen molar-refractivity contribution in [1.82, 2.24) is 14.5 Å². The molecule has 0 aliphatic carbocycles. The summed E-state index contributed by atoms with van der Waals surface area (Å²) in [6.07, 6.45) is 6.25. The fourth-order valence-electron chi connectivity index (χ4n) is 4.28. The van der Waals surface area contributed by atoms with Gasteiger partial charge in [0.2, 0.25) is 0 Å². The Morgan fingerprint density at radius 1 is 0.966 bits per heavy atom. The molecule has 2 aromatic heterocycles. The molecule has 5 rings (SSSR count). The number of rotatable bonds is 3. The summed E-state index contributed by atoms with van der Waals surface area (Å²) in [7, 11) is 2.05. The highest BCUT2D eigenvalue weighted by Crippen LogP contribution is 2.39.